The molecule has 4 rings (SSSR count). The van der Waals surface area contributed by atoms with Crippen LogP contribution in [0, 0.1) is 0 Å². The number of methoxy groups -OCH3 is 1. The fourth-order valence-electron chi connectivity index (χ4n) is 3.87. The number of hydrogen-bond acceptors (Lipinski definition) is 6. The van der Waals surface area contributed by atoms with Crippen LogP contribution >= 0.6 is 39.3 Å². The number of carbonyl (C=O) groups excluding carboxylic acids is 3. The highest BCUT2D eigenvalue weighted by atomic mass is 79.9. The van der Waals surface area contributed by atoms with Crippen molar-refractivity contribution in [3.05, 3.63) is 61.9 Å². The zero-order valence-corrected chi connectivity index (χ0v) is 22.2. The zero-order chi connectivity index (χ0) is 24.9. The highest BCUT2D eigenvalue weighted by molar-refractivity contribution is 9.10. The Morgan fingerprint density at radius 2 is 1.86 bits per heavy atom. The van der Waals surface area contributed by atoms with Crippen LogP contribution < -0.4 is 9.47 Å². The molecule has 0 spiro atoms. The number of nitrogens with zero attached hydrogens (tertiary/aromatic N) is 2. The topological polar surface area (TPSA) is 76.2 Å². The lowest BCUT2D eigenvalue weighted by molar-refractivity contribution is -0.136. The molecule has 2 aromatic carbocycles. The molecule has 0 aromatic heterocycles. The zero-order valence-electron chi connectivity index (χ0n) is 19.1. The number of likely N-dealkylation sites (tertiary alicyclic amines) is 1. The van der Waals surface area contributed by atoms with Crippen LogP contribution in [0.1, 0.15) is 30.4 Å². The summed E-state index contributed by atoms with van der Waals surface area (Å²) in [5, 5.41) is 0.206. The number of halogens is 2. The number of piperidine rings is 1. The molecule has 0 aliphatic carbocycles. The highest BCUT2D eigenvalue weighted by Gasteiger charge is 2.37. The summed E-state index contributed by atoms with van der Waals surface area (Å²) in [6.45, 7) is 1.43. The van der Waals surface area contributed by atoms with E-state index in [1.807, 2.05) is 12.1 Å². The van der Waals surface area contributed by atoms with Gasteiger partial charge >= 0.3 is 0 Å². The molecule has 7 nitrogen and oxygen atoms in total. The van der Waals surface area contributed by atoms with E-state index in [0.29, 0.717) is 46.3 Å². The van der Waals surface area contributed by atoms with Crippen molar-refractivity contribution in [2.45, 2.75) is 25.9 Å². The highest BCUT2D eigenvalue weighted by Crippen LogP contribution is 2.39. The standard InChI is InChI=1S/C25H24BrClN2O5S/c1-33-20-12-17(11-19(26)23(20)34-15-16-5-7-18(27)8-6-16)13-21-24(31)29(25(32)35-21)14-22(30)28-9-3-2-4-10-28/h5-8,11-13H,2-4,9-10,14-15H2,1H3/b21-13-. The Balaban J connectivity index is 1.47. The van der Waals surface area contributed by atoms with E-state index >= 15 is 0 Å². The normalized spacial score (nSPS) is 17.3. The number of benzene rings is 2. The third-order valence-electron chi connectivity index (χ3n) is 5.72. The summed E-state index contributed by atoms with van der Waals surface area (Å²) in [7, 11) is 1.53. The van der Waals surface area contributed by atoms with Gasteiger partial charge in [0.05, 0.1) is 16.5 Å². The lowest BCUT2D eigenvalue weighted by atomic mass is 10.1. The number of rotatable bonds is 7. The molecule has 0 bridgehead atoms. The monoisotopic (exact) mass is 578 g/mol. The molecule has 2 aliphatic heterocycles. The maximum atomic E-state index is 12.9. The van der Waals surface area contributed by atoms with Crippen LogP contribution in [0.4, 0.5) is 4.79 Å². The van der Waals surface area contributed by atoms with Crippen LogP contribution in [0.15, 0.2) is 45.8 Å². The van der Waals surface area contributed by atoms with Gasteiger partial charge in [0.2, 0.25) is 5.91 Å². The fraction of sp³-hybridized carbons (Fsp3) is 0.320. The summed E-state index contributed by atoms with van der Waals surface area (Å²) in [6, 6.07) is 10.9. The molecule has 3 amide bonds. The first-order valence-electron chi connectivity index (χ1n) is 11.1. The van der Waals surface area contributed by atoms with Crippen molar-refractivity contribution in [3.8, 4) is 11.5 Å². The lowest BCUT2D eigenvalue weighted by Crippen LogP contribution is -2.44. The molecule has 0 N–H and O–H groups in total. The second kappa shape index (κ2) is 11.5. The van der Waals surface area contributed by atoms with Crippen molar-refractivity contribution in [1.82, 2.24) is 9.80 Å². The van der Waals surface area contributed by atoms with E-state index in [-0.39, 0.29) is 17.4 Å². The minimum atomic E-state index is -0.469. The maximum Gasteiger partial charge on any atom is 0.294 e. The molecule has 10 heteroatoms. The Kier molecular flexibility index (Phi) is 8.41. The van der Waals surface area contributed by atoms with Crippen LogP contribution in [-0.2, 0) is 16.2 Å². The summed E-state index contributed by atoms with van der Waals surface area (Å²) in [6.07, 6.45) is 4.61. The van der Waals surface area contributed by atoms with E-state index in [1.165, 1.54) is 7.11 Å². The van der Waals surface area contributed by atoms with E-state index < -0.39 is 11.1 Å². The molecule has 2 aliphatic rings. The summed E-state index contributed by atoms with van der Waals surface area (Å²) < 4.78 is 12.1. The third kappa shape index (κ3) is 6.20. The van der Waals surface area contributed by atoms with Crippen LogP contribution in [0.2, 0.25) is 5.02 Å². The Morgan fingerprint density at radius 3 is 2.54 bits per heavy atom. The summed E-state index contributed by atoms with van der Waals surface area (Å²) >= 11 is 10.3. The average Bonchev–Trinajstić information content (AvgIpc) is 3.11. The van der Waals surface area contributed by atoms with Crippen molar-refractivity contribution in [3.63, 3.8) is 0 Å². The van der Waals surface area contributed by atoms with Crippen molar-refractivity contribution < 1.29 is 23.9 Å². The van der Waals surface area contributed by atoms with Gasteiger partial charge in [0.25, 0.3) is 11.1 Å². The Bertz CT molecular complexity index is 1170. The van der Waals surface area contributed by atoms with E-state index in [2.05, 4.69) is 15.9 Å². The molecule has 2 heterocycles. The van der Waals surface area contributed by atoms with Gasteiger partial charge in [-0.25, -0.2) is 0 Å². The molecular formula is C25H24BrClN2O5S. The molecule has 2 aromatic rings. The van der Waals surface area contributed by atoms with Gasteiger partial charge in [-0.3, -0.25) is 19.3 Å². The van der Waals surface area contributed by atoms with Gasteiger partial charge in [-0.05, 0) is 88.4 Å². The predicted octanol–water partition coefficient (Wildman–Crippen LogP) is 5.74. The van der Waals surface area contributed by atoms with Crippen LogP contribution in [0.25, 0.3) is 6.08 Å². The summed E-state index contributed by atoms with van der Waals surface area (Å²) in [4.78, 5) is 40.9. The van der Waals surface area contributed by atoms with Gasteiger partial charge in [0, 0.05) is 18.1 Å². The number of carbonyl (C=O) groups is 3. The third-order valence-corrected chi connectivity index (χ3v) is 7.47. The number of hydrogen-bond donors (Lipinski definition) is 0. The van der Waals surface area contributed by atoms with E-state index in [1.54, 1.807) is 35.2 Å². The van der Waals surface area contributed by atoms with Crippen LogP contribution in [0.3, 0.4) is 0 Å². The predicted molar refractivity (Wildman–Crippen MR) is 140 cm³/mol. The van der Waals surface area contributed by atoms with Gasteiger partial charge < -0.3 is 14.4 Å². The van der Waals surface area contributed by atoms with Gasteiger partial charge in [0.15, 0.2) is 11.5 Å². The van der Waals surface area contributed by atoms with Crippen molar-refractivity contribution in [1.29, 1.82) is 0 Å². The van der Waals surface area contributed by atoms with E-state index in [0.717, 1.165) is 41.5 Å². The maximum absolute atomic E-state index is 12.9. The van der Waals surface area contributed by atoms with Gasteiger partial charge in [-0.2, -0.15) is 0 Å². The van der Waals surface area contributed by atoms with Crippen molar-refractivity contribution in [2.75, 3.05) is 26.7 Å². The second-order valence-electron chi connectivity index (χ2n) is 8.16. The Labute approximate surface area is 221 Å². The smallest absolute Gasteiger partial charge is 0.294 e. The molecule has 0 atom stereocenters. The van der Waals surface area contributed by atoms with Crippen LogP contribution in [-0.4, -0.2) is 53.6 Å². The average molecular weight is 580 g/mol. The number of amides is 3. The molecule has 0 saturated carbocycles. The minimum absolute atomic E-state index is 0.195. The van der Waals surface area contributed by atoms with Gasteiger partial charge in [0.1, 0.15) is 13.2 Å². The van der Waals surface area contributed by atoms with Crippen molar-refractivity contribution in [2.24, 2.45) is 0 Å². The lowest BCUT2D eigenvalue weighted by Gasteiger charge is -2.27. The van der Waals surface area contributed by atoms with Crippen LogP contribution in [0.5, 0.6) is 11.5 Å². The van der Waals surface area contributed by atoms with Crippen molar-refractivity contribution >= 4 is 62.4 Å². The Morgan fingerprint density at radius 1 is 1.14 bits per heavy atom. The number of imide groups is 1. The second-order valence-corrected chi connectivity index (χ2v) is 10.4. The fourth-order valence-corrected chi connectivity index (χ4v) is 5.40. The minimum Gasteiger partial charge on any atom is -0.493 e. The molecule has 35 heavy (non-hydrogen) atoms. The molecule has 0 unspecified atom stereocenters. The largest absolute Gasteiger partial charge is 0.493 e. The molecule has 0 radical (unpaired) electrons. The quantitative estimate of drug-likeness (QED) is 0.390. The number of ether oxygens (including phenoxy) is 2. The first kappa shape index (κ1) is 25.6. The first-order chi connectivity index (χ1) is 16.9. The van der Waals surface area contributed by atoms with Gasteiger partial charge in [-0.15, -0.1) is 0 Å². The summed E-state index contributed by atoms with van der Waals surface area (Å²) in [5.74, 6) is 0.322. The SMILES string of the molecule is COc1cc(/C=C2\SC(=O)N(CC(=O)N3CCCCC3)C2=O)cc(Br)c1OCc1ccc(Cl)cc1. The van der Waals surface area contributed by atoms with E-state index in [9.17, 15) is 14.4 Å². The Hall–Kier alpha value is -2.49. The van der Waals surface area contributed by atoms with Gasteiger partial charge in [-0.1, -0.05) is 23.7 Å². The molecule has 2 fully saturated rings. The first-order valence-corrected chi connectivity index (χ1v) is 13.1. The molecular weight excluding hydrogens is 556 g/mol. The number of thioether (sulfide) groups is 1. The van der Waals surface area contributed by atoms with E-state index in [4.69, 9.17) is 21.1 Å². The molecule has 184 valence electrons. The summed E-state index contributed by atoms with van der Waals surface area (Å²) in [5.41, 5.74) is 1.60. The molecule has 2 saturated heterocycles.